The first-order valence-corrected chi connectivity index (χ1v) is 12.0. The predicted octanol–water partition coefficient (Wildman–Crippen LogP) is 2.30. The SMILES string of the molecule is CC(C)(C)OC(=O)CC1(O)CCN(c2cccc3c2CCN3[C@@H]2CCC(=C=O)NC2=C=O)CC1. The highest BCUT2D eigenvalue weighted by Crippen LogP contribution is 2.40. The van der Waals surface area contributed by atoms with Crippen LogP contribution in [0.1, 0.15) is 58.4 Å². The van der Waals surface area contributed by atoms with Gasteiger partial charge in [-0.15, -0.1) is 0 Å². The number of ether oxygens (including phenoxy) is 1. The van der Waals surface area contributed by atoms with Crippen molar-refractivity contribution in [2.75, 3.05) is 29.4 Å². The molecule has 0 aliphatic carbocycles. The molecule has 1 atom stereocenters. The lowest BCUT2D eigenvalue weighted by Gasteiger charge is -2.40. The molecule has 0 unspecified atom stereocenters. The van der Waals surface area contributed by atoms with Gasteiger partial charge < -0.3 is 25.0 Å². The van der Waals surface area contributed by atoms with Crippen molar-refractivity contribution in [1.29, 1.82) is 0 Å². The molecule has 0 aromatic heterocycles. The second kappa shape index (κ2) is 9.30. The van der Waals surface area contributed by atoms with E-state index in [-0.39, 0.29) is 18.4 Å². The summed E-state index contributed by atoms with van der Waals surface area (Å²) in [7, 11) is 0. The summed E-state index contributed by atoms with van der Waals surface area (Å²) in [6.07, 6.45) is 3.05. The Balaban J connectivity index is 1.46. The molecule has 8 heteroatoms. The van der Waals surface area contributed by atoms with E-state index in [0.29, 0.717) is 50.2 Å². The summed E-state index contributed by atoms with van der Waals surface area (Å²) in [5.41, 5.74) is 2.61. The first kappa shape index (κ1) is 24.1. The number of hydrogen-bond acceptors (Lipinski definition) is 8. The van der Waals surface area contributed by atoms with E-state index in [4.69, 9.17) is 4.74 Å². The van der Waals surface area contributed by atoms with Gasteiger partial charge >= 0.3 is 5.97 Å². The summed E-state index contributed by atoms with van der Waals surface area (Å²) < 4.78 is 5.40. The van der Waals surface area contributed by atoms with Crippen molar-refractivity contribution in [1.82, 2.24) is 5.32 Å². The Labute approximate surface area is 200 Å². The second-order valence-corrected chi connectivity index (χ2v) is 10.5. The van der Waals surface area contributed by atoms with Crippen LogP contribution < -0.4 is 15.1 Å². The van der Waals surface area contributed by atoms with Gasteiger partial charge in [-0.2, -0.15) is 0 Å². The van der Waals surface area contributed by atoms with E-state index >= 15 is 0 Å². The smallest absolute Gasteiger partial charge is 0.309 e. The van der Waals surface area contributed by atoms with Gasteiger partial charge in [-0.1, -0.05) is 6.07 Å². The lowest BCUT2D eigenvalue weighted by molar-refractivity contribution is -0.161. The number of aliphatic hydroxyl groups is 1. The van der Waals surface area contributed by atoms with Crippen LogP contribution in [0.5, 0.6) is 0 Å². The van der Waals surface area contributed by atoms with Gasteiger partial charge in [-0.25, -0.2) is 9.59 Å². The van der Waals surface area contributed by atoms with Crippen molar-refractivity contribution in [3.05, 3.63) is 35.2 Å². The number of hydrogen-bond donors (Lipinski definition) is 2. The van der Waals surface area contributed by atoms with E-state index in [1.807, 2.05) is 38.7 Å². The third-order valence-electron chi connectivity index (χ3n) is 6.86. The van der Waals surface area contributed by atoms with Crippen molar-refractivity contribution in [2.24, 2.45) is 0 Å². The highest BCUT2D eigenvalue weighted by Gasteiger charge is 2.38. The van der Waals surface area contributed by atoms with Crippen molar-refractivity contribution in [2.45, 2.75) is 76.5 Å². The fourth-order valence-corrected chi connectivity index (χ4v) is 5.26. The van der Waals surface area contributed by atoms with Crippen molar-refractivity contribution < 1.29 is 24.2 Å². The largest absolute Gasteiger partial charge is 0.460 e. The zero-order valence-corrected chi connectivity index (χ0v) is 20.1. The normalized spacial score (nSPS) is 21.9. The number of carbonyl (C=O) groups excluding carboxylic acids is 3. The summed E-state index contributed by atoms with van der Waals surface area (Å²) >= 11 is 0. The minimum atomic E-state index is -1.05. The number of allylic oxidation sites excluding steroid dienone is 1. The highest BCUT2D eigenvalue weighted by atomic mass is 16.6. The van der Waals surface area contributed by atoms with Gasteiger partial charge in [0.1, 0.15) is 28.9 Å². The molecule has 3 aliphatic rings. The molecule has 8 nitrogen and oxygen atoms in total. The maximum Gasteiger partial charge on any atom is 0.309 e. The number of piperidine rings is 2. The van der Waals surface area contributed by atoms with Crippen LogP contribution in [0, 0.1) is 0 Å². The number of carbonyl (C=O) groups is 1. The van der Waals surface area contributed by atoms with Crippen LogP contribution in [-0.2, 0) is 25.5 Å². The zero-order chi connectivity index (χ0) is 24.5. The van der Waals surface area contributed by atoms with E-state index < -0.39 is 11.2 Å². The maximum absolute atomic E-state index is 12.3. The van der Waals surface area contributed by atoms with Crippen LogP contribution in [0.25, 0.3) is 0 Å². The second-order valence-electron chi connectivity index (χ2n) is 10.5. The molecule has 4 rings (SSSR count). The molecule has 34 heavy (non-hydrogen) atoms. The number of esters is 1. The van der Waals surface area contributed by atoms with Crippen molar-refractivity contribution in [3.8, 4) is 0 Å². The number of nitrogens with one attached hydrogen (secondary N) is 1. The standard InChI is InChI=1S/C26H33N3O5/c1-25(2,3)34-24(32)15-26(33)10-13-28(14-11-26)21-5-4-6-22-19(21)9-12-29(22)23-8-7-18(16-30)27-20(23)17-31/h4-6,23,27,33H,7-15H2,1-3H3/t23-/m1/s1. The number of rotatable bonds is 4. The van der Waals surface area contributed by atoms with Crippen LogP contribution in [0.3, 0.4) is 0 Å². The monoisotopic (exact) mass is 467 g/mol. The van der Waals surface area contributed by atoms with Gasteiger partial charge in [-0.05, 0) is 58.6 Å². The van der Waals surface area contributed by atoms with Crippen LogP contribution in [0.2, 0.25) is 0 Å². The Kier molecular flexibility index (Phi) is 6.59. The molecular weight excluding hydrogens is 434 g/mol. The Hall–Kier alpha value is -3.05. The molecule has 0 saturated carbocycles. The number of anilines is 2. The molecule has 0 bridgehead atoms. The fraction of sp³-hybridized carbons (Fsp3) is 0.577. The topological polar surface area (TPSA) is 99.2 Å². The Bertz CT molecular complexity index is 1050. The van der Waals surface area contributed by atoms with Gasteiger partial charge in [0, 0.05) is 43.0 Å². The Morgan fingerprint density at radius 2 is 1.85 bits per heavy atom. The molecule has 2 saturated heterocycles. The highest BCUT2D eigenvalue weighted by molar-refractivity contribution is 5.74. The lowest BCUT2D eigenvalue weighted by atomic mass is 9.87. The third-order valence-corrected chi connectivity index (χ3v) is 6.86. The Morgan fingerprint density at radius 3 is 2.50 bits per heavy atom. The van der Waals surface area contributed by atoms with E-state index in [2.05, 4.69) is 27.2 Å². The molecule has 182 valence electrons. The lowest BCUT2D eigenvalue weighted by Crippen LogP contribution is -2.46. The van der Waals surface area contributed by atoms with Crippen LogP contribution >= 0.6 is 0 Å². The number of nitrogens with zero attached hydrogens (tertiary/aromatic N) is 2. The molecule has 0 spiro atoms. The fourth-order valence-electron chi connectivity index (χ4n) is 5.26. The summed E-state index contributed by atoms with van der Waals surface area (Å²) in [5.74, 6) is 3.47. The number of fused-ring (bicyclic) bond motifs is 1. The van der Waals surface area contributed by atoms with Gasteiger partial charge in [0.05, 0.1) is 18.1 Å². The molecule has 1 aromatic carbocycles. The number of benzene rings is 1. The minimum absolute atomic E-state index is 0.00545. The van der Waals surface area contributed by atoms with Gasteiger partial charge in [-0.3, -0.25) is 4.79 Å². The molecule has 2 N–H and O–H groups in total. The summed E-state index contributed by atoms with van der Waals surface area (Å²) in [4.78, 5) is 39.3. The van der Waals surface area contributed by atoms with Crippen LogP contribution in [-0.4, -0.2) is 59.8 Å². The van der Waals surface area contributed by atoms with Gasteiger partial charge in [0.15, 0.2) is 0 Å². The predicted molar refractivity (Wildman–Crippen MR) is 129 cm³/mol. The Morgan fingerprint density at radius 1 is 1.15 bits per heavy atom. The molecule has 3 aliphatic heterocycles. The average molecular weight is 468 g/mol. The quantitative estimate of drug-likeness (QED) is 0.514. The van der Waals surface area contributed by atoms with Gasteiger partial charge in [0.2, 0.25) is 0 Å². The third kappa shape index (κ3) is 5.05. The van der Waals surface area contributed by atoms with E-state index in [0.717, 1.165) is 24.3 Å². The van der Waals surface area contributed by atoms with Crippen LogP contribution in [0.4, 0.5) is 11.4 Å². The minimum Gasteiger partial charge on any atom is -0.460 e. The summed E-state index contributed by atoms with van der Waals surface area (Å²) in [6.45, 7) is 7.55. The molecule has 3 heterocycles. The van der Waals surface area contributed by atoms with E-state index in [1.165, 1.54) is 5.56 Å². The maximum atomic E-state index is 12.3. The first-order chi connectivity index (χ1) is 16.1. The van der Waals surface area contributed by atoms with Crippen LogP contribution in [0.15, 0.2) is 29.6 Å². The first-order valence-electron chi connectivity index (χ1n) is 12.0. The van der Waals surface area contributed by atoms with E-state index in [1.54, 1.807) is 0 Å². The average Bonchev–Trinajstić information content (AvgIpc) is 3.21. The summed E-state index contributed by atoms with van der Waals surface area (Å²) in [6, 6.07) is 6.04. The summed E-state index contributed by atoms with van der Waals surface area (Å²) in [5, 5.41) is 13.9. The molecule has 0 radical (unpaired) electrons. The van der Waals surface area contributed by atoms with Crippen molar-refractivity contribution >= 4 is 29.2 Å². The molecular formula is C26H33N3O5. The molecule has 0 amide bonds. The van der Waals surface area contributed by atoms with Crippen molar-refractivity contribution in [3.63, 3.8) is 0 Å². The van der Waals surface area contributed by atoms with E-state index in [9.17, 15) is 19.5 Å². The molecule has 1 aromatic rings. The molecule has 2 fully saturated rings. The zero-order valence-electron chi connectivity index (χ0n) is 20.1. The van der Waals surface area contributed by atoms with Gasteiger partial charge in [0.25, 0.3) is 0 Å².